The number of hydrogen-bond acceptors (Lipinski definition) is 3. The van der Waals surface area contributed by atoms with Crippen LogP contribution in [0.5, 0.6) is 0 Å². The topological polar surface area (TPSA) is 64.0 Å². The van der Waals surface area contributed by atoms with E-state index in [1.807, 2.05) is 51.1 Å². The quantitative estimate of drug-likeness (QED) is 0.941. The predicted octanol–water partition coefficient (Wildman–Crippen LogP) is 2.14. The van der Waals surface area contributed by atoms with Crippen LogP contribution in [0.3, 0.4) is 0 Å². The van der Waals surface area contributed by atoms with Crippen LogP contribution in [0.25, 0.3) is 0 Å². The summed E-state index contributed by atoms with van der Waals surface area (Å²) >= 11 is 0. The lowest BCUT2D eigenvalue weighted by molar-refractivity contribution is 0.532. The van der Waals surface area contributed by atoms with Crippen molar-refractivity contribution in [2.24, 2.45) is 0 Å². The summed E-state index contributed by atoms with van der Waals surface area (Å²) in [7, 11) is -2.10. The fraction of sp³-hybridized carbons (Fsp3) is 0.400. The van der Waals surface area contributed by atoms with Gasteiger partial charge in [0.2, 0.25) is 10.0 Å². The molecular weight excluding hydrogens is 286 g/mol. The molecule has 0 unspecified atom stereocenters. The molecule has 0 spiro atoms. The summed E-state index contributed by atoms with van der Waals surface area (Å²) in [4.78, 5) is 0.244. The highest BCUT2D eigenvalue weighted by molar-refractivity contribution is 7.89. The molecule has 2 rings (SSSR count). The maximum atomic E-state index is 12.2. The molecule has 1 heterocycles. The Labute approximate surface area is 126 Å². The van der Waals surface area contributed by atoms with Gasteiger partial charge in [-0.3, -0.25) is 4.68 Å². The Balaban J connectivity index is 2.47. The molecule has 0 bridgehead atoms. The number of benzene rings is 1. The van der Waals surface area contributed by atoms with Gasteiger partial charge < -0.3 is 0 Å². The molecule has 1 aromatic heterocycles. The summed E-state index contributed by atoms with van der Waals surface area (Å²) in [5.41, 5.74) is 1.31. The van der Waals surface area contributed by atoms with Gasteiger partial charge in [-0.2, -0.15) is 5.10 Å². The van der Waals surface area contributed by atoms with E-state index in [9.17, 15) is 8.42 Å². The standard InChI is InChI=1S/C15H21N3O2S/c1-15(2,3)14-13(21(19,20)16-4)11-18(17-14)10-12-8-6-5-7-9-12/h5-9,11,16H,10H2,1-4H3. The van der Waals surface area contributed by atoms with Crippen molar-refractivity contribution in [3.63, 3.8) is 0 Å². The molecule has 0 amide bonds. The van der Waals surface area contributed by atoms with E-state index in [4.69, 9.17) is 0 Å². The fourth-order valence-electron chi connectivity index (χ4n) is 2.08. The molecule has 21 heavy (non-hydrogen) atoms. The van der Waals surface area contributed by atoms with Crippen molar-refractivity contribution < 1.29 is 8.42 Å². The van der Waals surface area contributed by atoms with Gasteiger partial charge in [0.1, 0.15) is 4.90 Å². The minimum atomic E-state index is -3.52. The second-order valence-electron chi connectivity index (χ2n) is 5.98. The highest BCUT2D eigenvalue weighted by Gasteiger charge is 2.29. The molecule has 0 saturated heterocycles. The van der Waals surface area contributed by atoms with Crippen LogP contribution in [0.1, 0.15) is 32.0 Å². The fourth-order valence-corrected chi connectivity index (χ4v) is 3.16. The van der Waals surface area contributed by atoms with E-state index in [-0.39, 0.29) is 10.3 Å². The van der Waals surface area contributed by atoms with Crippen molar-refractivity contribution in [2.75, 3.05) is 7.05 Å². The molecular formula is C15H21N3O2S. The molecule has 0 fully saturated rings. The molecule has 5 nitrogen and oxygen atoms in total. The van der Waals surface area contributed by atoms with Gasteiger partial charge in [0.15, 0.2) is 0 Å². The number of hydrogen-bond donors (Lipinski definition) is 1. The lowest BCUT2D eigenvalue weighted by Gasteiger charge is -2.17. The summed E-state index contributed by atoms with van der Waals surface area (Å²) in [5.74, 6) is 0. The van der Waals surface area contributed by atoms with Gasteiger partial charge >= 0.3 is 0 Å². The molecule has 1 N–H and O–H groups in total. The second kappa shape index (κ2) is 5.61. The molecule has 0 aliphatic carbocycles. The number of aromatic nitrogens is 2. The molecule has 0 atom stereocenters. The van der Waals surface area contributed by atoms with E-state index < -0.39 is 10.0 Å². The van der Waals surface area contributed by atoms with Gasteiger partial charge in [-0.1, -0.05) is 51.1 Å². The summed E-state index contributed by atoms with van der Waals surface area (Å²) in [6.45, 7) is 6.41. The molecule has 0 radical (unpaired) electrons. The summed E-state index contributed by atoms with van der Waals surface area (Å²) in [5, 5.41) is 4.49. The molecule has 0 saturated carbocycles. The zero-order valence-corrected chi connectivity index (χ0v) is 13.6. The molecule has 6 heteroatoms. The van der Waals surface area contributed by atoms with E-state index in [1.165, 1.54) is 7.05 Å². The third-order valence-corrected chi connectivity index (χ3v) is 4.60. The Hall–Kier alpha value is -1.66. The van der Waals surface area contributed by atoms with Crippen molar-refractivity contribution in [1.29, 1.82) is 0 Å². The summed E-state index contributed by atoms with van der Waals surface area (Å²) < 4.78 is 28.4. The number of nitrogens with zero attached hydrogens (tertiary/aromatic N) is 2. The van der Waals surface area contributed by atoms with E-state index >= 15 is 0 Å². The Bertz CT molecular complexity index is 713. The van der Waals surface area contributed by atoms with Crippen molar-refractivity contribution in [3.8, 4) is 0 Å². The van der Waals surface area contributed by atoms with Gasteiger partial charge in [0.25, 0.3) is 0 Å². The van der Waals surface area contributed by atoms with E-state index in [2.05, 4.69) is 9.82 Å². The zero-order valence-electron chi connectivity index (χ0n) is 12.8. The Morgan fingerprint density at radius 2 is 1.81 bits per heavy atom. The first-order chi connectivity index (χ1) is 9.74. The van der Waals surface area contributed by atoms with Crippen LogP contribution in [0.2, 0.25) is 0 Å². The van der Waals surface area contributed by atoms with Crippen molar-refractivity contribution in [1.82, 2.24) is 14.5 Å². The molecule has 2 aromatic rings. The third kappa shape index (κ3) is 3.51. The van der Waals surface area contributed by atoms with Crippen LogP contribution < -0.4 is 4.72 Å². The predicted molar refractivity (Wildman–Crippen MR) is 82.7 cm³/mol. The molecule has 1 aromatic carbocycles. The minimum absolute atomic E-state index is 0.244. The summed E-state index contributed by atoms with van der Waals surface area (Å²) in [6, 6.07) is 9.84. The minimum Gasteiger partial charge on any atom is -0.267 e. The van der Waals surface area contributed by atoms with Crippen LogP contribution in [-0.4, -0.2) is 25.2 Å². The van der Waals surface area contributed by atoms with Crippen LogP contribution in [0, 0.1) is 0 Å². The lowest BCUT2D eigenvalue weighted by Crippen LogP contribution is -2.23. The zero-order chi connectivity index (χ0) is 15.7. The highest BCUT2D eigenvalue weighted by atomic mass is 32.2. The van der Waals surface area contributed by atoms with Crippen molar-refractivity contribution in [3.05, 3.63) is 47.8 Å². The van der Waals surface area contributed by atoms with Gasteiger partial charge in [-0.15, -0.1) is 0 Å². The monoisotopic (exact) mass is 307 g/mol. The molecule has 0 aliphatic rings. The maximum absolute atomic E-state index is 12.2. The van der Waals surface area contributed by atoms with Crippen LogP contribution >= 0.6 is 0 Å². The Kier molecular flexibility index (Phi) is 4.20. The van der Waals surface area contributed by atoms with E-state index in [0.29, 0.717) is 12.2 Å². The van der Waals surface area contributed by atoms with Crippen molar-refractivity contribution in [2.45, 2.75) is 37.6 Å². The molecule has 114 valence electrons. The average Bonchev–Trinajstić information content (AvgIpc) is 2.85. The normalized spacial score (nSPS) is 12.6. The number of nitrogens with one attached hydrogen (secondary N) is 1. The smallest absolute Gasteiger partial charge is 0.243 e. The van der Waals surface area contributed by atoms with Gasteiger partial charge in [-0.25, -0.2) is 13.1 Å². The van der Waals surface area contributed by atoms with Gasteiger partial charge in [-0.05, 0) is 12.6 Å². The van der Waals surface area contributed by atoms with E-state index in [1.54, 1.807) is 10.9 Å². The average molecular weight is 307 g/mol. The van der Waals surface area contributed by atoms with Crippen molar-refractivity contribution >= 4 is 10.0 Å². The van der Waals surface area contributed by atoms with E-state index in [0.717, 1.165) is 5.56 Å². The third-order valence-electron chi connectivity index (χ3n) is 3.18. The largest absolute Gasteiger partial charge is 0.267 e. The number of sulfonamides is 1. The van der Waals surface area contributed by atoms with Gasteiger partial charge in [0, 0.05) is 11.6 Å². The summed E-state index contributed by atoms with van der Waals surface area (Å²) in [6.07, 6.45) is 1.60. The van der Waals surface area contributed by atoms with Crippen LogP contribution in [-0.2, 0) is 22.0 Å². The van der Waals surface area contributed by atoms with Crippen LogP contribution in [0.15, 0.2) is 41.4 Å². The Morgan fingerprint density at radius 1 is 1.19 bits per heavy atom. The SMILES string of the molecule is CNS(=O)(=O)c1cn(Cc2ccccc2)nc1C(C)(C)C. The lowest BCUT2D eigenvalue weighted by atomic mass is 9.92. The second-order valence-corrected chi connectivity index (χ2v) is 7.84. The van der Waals surface area contributed by atoms with Crippen LogP contribution in [0.4, 0.5) is 0 Å². The Morgan fingerprint density at radius 3 is 2.33 bits per heavy atom. The first kappa shape index (κ1) is 15.7. The molecule has 0 aliphatic heterocycles. The highest BCUT2D eigenvalue weighted by Crippen LogP contribution is 2.27. The van der Waals surface area contributed by atoms with Gasteiger partial charge in [0.05, 0.1) is 12.2 Å². The first-order valence-electron chi connectivity index (χ1n) is 6.79. The first-order valence-corrected chi connectivity index (χ1v) is 8.28. The number of rotatable bonds is 4. The maximum Gasteiger partial charge on any atom is 0.243 e.